The first-order chi connectivity index (χ1) is 27.8. The van der Waals surface area contributed by atoms with Gasteiger partial charge in [0.1, 0.15) is 42.3 Å². The summed E-state index contributed by atoms with van der Waals surface area (Å²) in [5.41, 5.74) is 16.5. The van der Waals surface area contributed by atoms with E-state index in [1.807, 2.05) is 0 Å². The van der Waals surface area contributed by atoms with Gasteiger partial charge >= 0.3 is 5.97 Å². The van der Waals surface area contributed by atoms with Gasteiger partial charge in [0.05, 0.1) is 25.8 Å². The molecule has 0 aromatic rings. The Bertz CT molecular complexity index is 1460. The molecular formula is C32H59N13O12S2. The predicted molar refractivity (Wildman–Crippen MR) is 217 cm³/mol. The minimum atomic E-state index is -1.72. The van der Waals surface area contributed by atoms with Gasteiger partial charge in [0, 0.05) is 18.1 Å². The van der Waals surface area contributed by atoms with Crippen LogP contribution in [0.25, 0.3) is 0 Å². The van der Waals surface area contributed by atoms with E-state index in [9.17, 15) is 58.5 Å². The number of carboxylic acids is 1. The summed E-state index contributed by atoms with van der Waals surface area (Å²) in [5, 5.41) is 56.7. The Hall–Kier alpha value is -4.96. The number of nitrogens with two attached hydrogens (primary N) is 3. The highest BCUT2D eigenvalue weighted by molar-refractivity contribution is 7.80. The number of unbranched alkanes of at least 4 members (excludes halogenated alkanes) is 1. The molecule has 0 radical (unpaired) electrons. The van der Waals surface area contributed by atoms with E-state index < -0.39 is 121 Å². The van der Waals surface area contributed by atoms with Gasteiger partial charge in [-0.15, -0.1) is 0 Å². The Labute approximate surface area is 351 Å². The van der Waals surface area contributed by atoms with Crippen molar-refractivity contribution in [2.24, 2.45) is 17.2 Å². The fraction of sp³-hybridized carbons (Fsp3) is 0.688. The number of hydrogen-bond acceptors (Lipinski definition) is 16. The molecule has 0 rings (SSSR count). The highest BCUT2D eigenvalue weighted by atomic mass is 32.1. The van der Waals surface area contributed by atoms with E-state index in [4.69, 9.17) is 22.6 Å². The molecule has 25 nitrogen and oxygen atoms in total. The molecular weight excluding hydrogens is 823 g/mol. The quantitative estimate of drug-likeness (QED) is 0.0144. The maximum absolute atomic E-state index is 12.9. The Kier molecular flexibility index (Phi) is 26.8. The fourth-order valence-corrected chi connectivity index (χ4v) is 5.16. The van der Waals surface area contributed by atoms with E-state index in [-0.39, 0.29) is 30.3 Å². The maximum atomic E-state index is 12.9. The smallest absolute Gasteiger partial charge is 0.326 e. The molecule has 0 aliphatic carbocycles. The summed E-state index contributed by atoms with van der Waals surface area (Å²) in [7, 11) is 0. The van der Waals surface area contributed by atoms with E-state index >= 15 is 0 Å². The van der Waals surface area contributed by atoms with Crippen molar-refractivity contribution in [3.63, 3.8) is 0 Å². The second-order valence-corrected chi connectivity index (χ2v) is 13.7. The number of guanidine groups is 1. The summed E-state index contributed by atoms with van der Waals surface area (Å²) >= 11 is 8.07. The first kappa shape index (κ1) is 54.0. The molecule has 27 heteroatoms. The number of carboxylic acid groups (broad SMARTS) is 1. The average Bonchev–Trinajstić information content (AvgIpc) is 3.19. The number of aliphatic hydroxyl groups is 2. The molecule has 0 aliphatic heterocycles. The highest BCUT2D eigenvalue weighted by Gasteiger charge is 2.31. The van der Waals surface area contributed by atoms with Crippen molar-refractivity contribution in [3.8, 4) is 0 Å². The summed E-state index contributed by atoms with van der Waals surface area (Å²) < 4.78 is 0. The lowest BCUT2D eigenvalue weighted by atomic mass is 10.1. The van der Waals surface area contributed by atoms with Crippen LogP contribution in [0, 0.1) is 5.41 Å². The van der Waals surface area contributed by atoms with Crippen LogP contribution >= 0.6 is 25.3 Å². The number of nitrogens with one attached hydrogen (secondary N) is 10. The molecule has 59 heavy (non-hydrogen) atoms. The number of carbonyl (C=O) groups excluding carboxylic acids is 8. The Morgan fingerprint density at radius 3 is 1.54 bits per heavy atom. The van der Waals surface area contributed by atoms with E-state index in [0.29, 0.717) is 32.4 Å². The van der Waals surface area contributed by atoms with Crippen molar-refractivity contribution < 1.29 is 58.5 Å². The van der Waals surface area contributed by atoms with Crippen LogP contribution in [0.5, 0.6) is 0 Å². The van der Waals surface area contributed by atoms with Crippen molar-refractivity contribution in [1.29, 1.82) is 5.41 Å². The van der Waals surface area contributed by atoms with Crippen LogP contribution in [0.1, 0.15) is 46.0 Å². The van der Waals surface area contributed by atoms with Crippen LogP contribution in [0.2, 0.25) is 0 Å². The van der Waals surface area contributed by atoms with Crippen LogP contribution in [-0.4, -0.2) is 167 Å². The van der Waals surface area contributed by atoms with Crippen molar-refractivity contribution in [2.45, 2.75) is 94.3 Å². The number of aliphatic carboxylic acids is 1. The Morgan fingerprint density at radius 1 is 0.593 bits per heavy atom. The normalized spacial score (nSPS) is 14.8. The largest absolute Gasteiger partial charge is 0.480 e. The molecule has 0 unspecified atom stereocenters. The minimum absolute atomic E-state index is 0.121. The van der Waals surface area contributed by atoms with E-state index in [1.165, 1.54) is 13.8 Å². The van der Waals surface area contributed by atoms with E-state index in [0.717, 1.165) is 0 Å². The molecule has 0 saturated heterocycles. The fourth-order valence-electron chi connectivity index (χ4n) is 4.65. The van der Waals surface area contributed by atoms with Crippen LogP contribution in [-0.2, 0) is 43.2 Å². The van der Waals surface area contributed by atoms with E-state index in [2.05, 4.69) is 73.1 Å². The second kappa shape index (κ2) is 29.3. The molecule has 0 saturated carbocycles. The van der Waals surface area contributed by atoms with Gasteiger partial charge in [0.25, 0.3) is 0 Å². The molecule has 0 spiro atoms. The summed E-state index contributed by atoms with van der Waals surface area (Å²) in [6, 6.07) is -10.8. The van der Waals surface area contributed by atoms with Crippen LogP contribution in [0.3, 0.4) is 0 Å². The number of hydrogen-bond donors (Lipinski definition) is 18. The predicted octanol–water partition coefficient (Wildman–Crippen LogP) is -7.82. The first-order valence-electron chi connectivity index (χ1n) is 18.4. The standard InChI is InChI=1S/C32H59N13O12S2/c1-15(24(49)41-18(31(56)57)7-3-4-8-33)39-23(48)10-38-27(52)21(13-58)45-29(54)20(12-47)43-28(53)19(11-46)42-25(50)16(2)40-30(55)22(14-59)44-26(51)17(34)6-5-9-37-32(35)36/h15-22,46-47,58-59H,3-14,33-34H2,1-2H3,(H,38,52)(H,39,48)(H,40,55)(H,41,49)(H,42,50)(H,43,53)(H,44,51)(H,45,54)(H,56,57)(H4,35,36,37)/t15-,16-,17-,18-,19-,20-,21-,22-/m0/s1. The molecule has 0 aliphatic rings. The van der Waals surface area contributed by atoms with Gasteiger partial charge in [-0.1, -0.05) is 0 Å². The number of rotatable bonds is 29. The van der Waals surface area contributed by atoms with Gasteiger partial charge in [-0.05, 0) is 52.5 Å². The molecule has 0 aromatic heterocycles. The molecule has 0 fully saturated rings. The van der Waals surface area contributed by atoms with Crippen LogP contribution in [0.4, 0.5) is 0 Å². The zero-order chi connectivity index (χ0) is 45.2. The molecule has 0 heterocycles. The molecule has 0 aromatic carbocycles. The molecule has 0 bridgehead atoms. The Balaban J connectivity index is 5.14. The second-order valence-electron chi connectivity index (χ2n) is 13.0. The molecule has 19 N–H and O–H groups in total. The van der Waals surface area contributed by atoms with Gasteiger partial charge < -0.3 is 80.4 Å². The van der Waals surface area contributed by atoms with Crippen LogP contribution in [0.15, 0.2) is 0 Å². The lowest BCUT2D eigenvalue weighted by molar-refractivity contribution is -0.142. The SMILES string of the molecule is C[C@H](NC(=O)CNC(=O)[C@H](CS)NC(=O)[C@H](CO)NC(=O)[C@H](CO)NC(=O)[C@H](C)NC(=O)[C@H](CS)NC(=O)[C@@H](N)CCCNC(=N)N)C(=O)N[C@@H](CCCCN)C(=O)O. The highest BCUT2D eigenvalue weighted by Crippen LogP contribution is 2.02. The van der Waals surface area contributed by atoms with Crippen molar-refractivity contribution in [1.82, 2.24) is 47.9 Å². The molecule has 8 amide bonds. The number of aliphatic hydroxyl groups excluding tert-OH is 2. The topological polar surface area (TPSA) is 424 Å². The van der Waals surface area contributed by atoms with Gasteiger partial charge in [-0.3, -0.25) is 43.8 Å². The molecule has 336 valence electrons. The van der Waals surface area contributed by atoms with Gasteiger partial charge in [0.2, 0.25) is 47.3 Å². The maximum Gasteiger partial charge on any atom is 0.326 e. The van der Waals surface area contributed by atoms with Crippen molar-refractivity contribution >= 4 is 84.4 Å². The summed E-state index contributed by atoms with van der Waals surface area (Å²) in [4.78, 5) is 113. The number of thiol groups is 2. The lowest BCUT2D eigenvalue weighted by Crippen LogP contribution is -2.60. The summed E-state index contributed by atoms with van der Waals surface area (Å²) in [6.07, 6.45) is 1.71. The third kappa shape index (κ3) is 21.6. The third-order valence-electron chi connectivity index (χ3n) is 8.11. The average molecular weight is 882 g/mol. The first-order valence-corrected chi connectivity index (χ1v) is 19.6. The van der Waals surface area contributed by atoms with Gasteiger partial charge in [-0.2, -0.15) is 25.3 Å². The van der Waals surface area contributed by atoms with E-state index in [1.54, 1.807) is 0 Å². The summed E-state index contributed by atoms with van der Waals surface area (Å²) in [6.45, 7) is 0.496. The zero-order valence-electron chi connectivity index (χ0n) is 32.7. The third-order valence-corrected chi connectivity index (χ3v) is 8.84. The van der Waals surface area contributed by atoms with Gasteiger partial charge in [-0.25, -0.2) is 4.79 Å². The number of amides is 8. The molecule has 8 atom stereocenters. The minimum Gasteiger partial charge on any atom is -0.480 e. The lowest BCUT2D eigenvalue weighted by Gasteiger charge is -2.24. The summed E-state index contributed by atoms with van der Waals surface area (Å²) in [5.74, 6) is -9.29. The van der Waals surface area contributed by atoms with Crippen LogP contribution < -0.4 is 65.1 Å². The number of carbonyl (C=O) groups is 9. The monoisotopic (exact) mass is 881 g/mol. The van der Waals surface area contributed by atoms with Crippen molar-refractivity contribution in [3.05, 3.63) is 0 Å². The zero-order valence-corrected chi connectivity index (χ0v) is 34.5. The Morgan fingerprint density at radius 2 is 1.05 bits per heavy atom. The van der Waals surface area contributed by atoms with Crippen molar-refractivity contribution in [2.75, 3.05) is 44.4 Å². The van der Waals surface area contributed by atoms with Gasteiger partial charge in [0.15, 0.2) is 5.96 Å².